The predicted molar refractivity (Wildman–Crippen MR) is 90.3 cm³/mol. The van der Waals surface area contributed by atoms with Crippen LogP contribution in [0.25, 0.3) is 0 Å². The molecule has 0 fully saturated rings. The van der Waals surface area contributed by atoms with Crippen LogP contribution in [0.15, 0.2) is 29.3 Å². The molecule has 0 N–H and O–H groups in total. The lowest BCUT2D eigenvalue weighted by Gasteiger charge is -2.18. The van der Waals surface area contributed by atoms with Gasteiger partial charge in [-0.2, -0.15) is 39.5 Å². The summed E-state index contributed by atoms with van der Waals surface area (Å²) in [7, 11) is 0. The Hall–Kier alpha value is -2.73. The van der Waals surface area contributed by atoms with Crippen molar-refractivity contribution < 1.29 is 44.3 Å². The van der Waals surface area contributed by atoms with Crippen LogP contribution in [0.2, 0.25) is 0 Å². The fraction of sp³-hybridized carbons (Fsp3) is 0.444. The van der Waals surface area contributed by atoms with Crippen LogP contribution < -0.4 is 10.4 Å². The molecule has 0 saturated carbocycles. The Morgan fingerprint density at radius 3 is 2.00 bits per heavy atom. The molecule has 172 valence electrons. The van der Waals surface area contributed by atoms with Gasteiger partial charge in [-0.25, -0.2) is 9.98 Å². The molecule has 0 spiro atoms. The highest BCUT2D eigenvalue weighted by Gasteiger charge is 2.39. The summed E-state index contributed by atoms with van der Waals surface area (Å²) in [6, 6.07) is 1.19. The van der Waals surface area contributed by atoms with Crippen LogP contribution in [0, 0.1) is 0 Å². The second kappa shape index (κ2) is 8.42. The highest BCUT2D eigenvalue weighted by Crippen LogP contribution is 2.40. The topological polar surface area (TPSA) is 39.4 Å². The summed E-state index contributed by atoms with van der Waals surface area (Å²) in [5.74, 6) is -0.362. The summed E-state index contributed by atoms with van der Waals surface area (Å²) in [6.07, 6.45) is -15.9. The maximum absolute atomic E-state index is 13.4. The van der Waals surface area contributed by atoms with Crippen molar-refractivity contribution in [2.75, 3.05) is 0 Å². The number of ether oxygens (including phenoxy) is 1. The fourth-order valence-corrected chi connectivity index (χ4v) is 2.51. The second-order valence-corrected chi connectivity index (χ2v) is 6.53. The Morgan fingerprint density at radius 1 is 0.935 bits per heavy atom. The van der Waals surface area contributed by atoms with Gasteiger partial charge in [0.2, 0.25) is 5.62 Å². The van der Waals surface area contributed by atoms with Gasteiger partial charge in [-0.1, -0.05) is 0 Å². The first-order valence-corrected chi connectivity index (χ1v) is 8.73. The molecule has 13 heteroatoms. The molecule has 0 aliphatic heterocycles. The quantitative estimate of drug-likeness (QED) is 0.526. The summed E-state index contributed by atoms with van der Waals surface area (Å²) in [5.41, 5.74) is -6.66. The van der Waals surface area contributed by atoms with E-state index >= 15 is 0 Å². The summed E-state index contributed by atoms with van der Waals surface area (Å²) in [4.78, 5) is 6.80. The zero-order chi connectivity index (χ0) is 23.8. The Labute approximate surface area is 170 Å². The molecule has 0 aliphatic carbocycles. The van der Waals surface area contributed by atoms with Crippen LogP contribution in [0.4, 0.5) is 45.2 Å². The van der Waals surface area contributed by atoms with Crippen LogP contribution in [0.1, 0.15) is 37.6 Å². The monoisotopic (exact) mass is 461 g/mol. The average Bonchev–Trinajstić information content (AvgIpc) is 2.58. The van der Waals surface area contributed by atoms with Crippen molar-refractivity contribution in [3.63, 3.8) is 0 Å². The van der Waals surface area contributed by atoms with E-state index in [4.69, 9.17) is 4.74 Å². The molecule has 0 unspecified atom stereocenters. The van der Waals surface area contributed by atoms with Gasteiger partial charge in [-0.3, -0.25) is 4.57 Å². The van der Waals surface area contributed by atoms with E-state index in [9.17, 15) is 39.5 Å². The maximum Gasteiger partial charge on any atom is 0.433 e. The molecule has 2 aromatic rings. The average molecular weight is 461 g/mol. The number of rotatable bonds is 4. The third kappa shape index (κ3) is 5.91. The van der Waals surface area contributed by atoms with Crippen LogP contribution in [0.3, 0.4) is 0 Å². The van der Waals surface area contributed by atoms with Gasteiger partial charge in [-0.05, 0) is 39.0 Å². The first-order valence-electron chi connectivity index (χ1n) is 8.73. The summed E-state index contributed by atoms with van der Waals surface area (Å²) in [6.45, 7) is 4.40. The SMILES string of the molecule is CCn1c(OC(C)C)cc(C(F)(F)F)nc1=Nc1ccc(C(F)(F)F)cc1C(F)(F)F. The van der Waals surface area contributed by atoms with Crippen LogP contribution in [-0.2, 0) is 25.1 Å². The fourth-order valence-electron chi connectivity index (χ4n) is 2.51. The maximum atomic E-state index is 13.4. The number of benzene rings is 1. The van der Waals surface area contributed by atoms with E-state index in [2.05, 4.69) is 9.98 Å². The highest BCUT2D eigenvalue weighted by atomic mass is 19.4. The van der Waals surface area contributed by atoms with E-state index in [1.54, 1.807) is 0 Å². The molecule has 2 rings (SSSR count). The van der Waals surface area contributed by atoms with Gasteiger partial charge < -0.3 is 4.74 Å². The molecule has 0 aliphatic rings. The van der Waals surface area contributed by atoms with Crippen LogP contribution in [0.5, 0.6) is 5.88 Å². The molecule has 1 heterocycles. The van der Waals surface area contributed by atoms with E-state index in [1.807, 2.05) is 0 Å². The molecule has 1 aromatic heterocycles. The normalized spacial score (nSPS) is 13.8. The van der Waals surface area contributed by atoms with E-state index in [-0.39, 0.29) is 18.5 Å². The number of hydrogen-bond donors (Lipinski definition) is 0. The largest absolute Gasteiger partial charge is 0.476 e. The van der Waals surface area contributed by atoms with E-state index < -0.39 is 52.8 Å². The molecular formula is C18H16F9N3O. The lowest BCUT2D eigenvalue weighted by molar-refractivity contribution is -0.143. The van der Waals surface area contributed by atoms with Crippen LogP contribution >= 0.6 is 0 Å². The second-order valence-electron chi connectivity index (χ2n) is 6.53. The van der Waals surface area contributed by atoms with Crippen molar-refractivity contribution in [2.45, 2.75) is 51.9 Å². The lowest BCUT2D eigenvalue weighted by atomic mass is 10.1. The third-order valence-electron chi connectivity index (χ3n) is 3.80. The van der Waals surface area contributed by atoms with Crippen molar-refractivity contribution in [3.8, 4) is 5.88 Å². The van der Waals surface area contributed by atoms with Gasteiger partial charge in [0.15, 0.2) is 11.6 Å². The van der Waals surface area contributed by atoms with Crippen molar-refractivity contribution >= 4 is 5.69 Å². The summed E-state index contributed by atoms with van der Waals surface area (Å²) in [5, 5.41) is 0. The van der Waals surface area contributed by atoms with Crippen LogP contribution in [-0.4, -0.2) is 15.7 Å². The van der Waals surface area contributed by atoms with Crippen molar-refractivity contribution in [1.82, 2.24) is 9.55 Å². The minimum atomic E-state index is -5.25. The first kappa shape index (κ1) is 24.5. The number of halogens is 9. The number of nitrogens with zero attached hydrogens (tertiary/aromatic N) is 3. The molecular weight excluding hydrogens is 445 g/mol. The first-order chi connectivity index (χ1) is 14.0. The standard InChI is InChI=1S/C18H16F9N3O/c1-4-30-14(31-9(2)3)8-13(18(25,26)27)29-15(30)28-12-6-5-10(16(19,20)21)7-11(12)17(22,23)24/h5-9H,4H2,1-3H3. The smallest absolute Gasteiger partial charge is 0.433 e. The minimum absolute atomic E-state index is 0.0893. The van der Waals surface area contributed by atoms with Crippen molar-refractivity contribution in [3.05, 3.63) is 46.7 Å². The van der Waals surface area contributed by atoms with Gasteiger partial charge in [0, 0.05) is 12.6 Å². The summed E-state index contributed by atoms with van der Waals surface area (Å²) < 4.78 is 125. The number of alkyl halides is 9. The van der Waals surface area contributed by atoms with Gasteiger partial charge in [-0.15, -0.1) is 0 Å². The predicted octanol–water partition coefficient (Wildman–Crippen LogP) is 5.98. The van der Waals surface area contributed by atoms with Gasteiger partial charge in [0.05, 0.1) is 22.9 Å². The van der Waals surface area contributed by atoms with Gasteiger partial charge in [0.1, 0.15) is 0 Å². The van der Waals surface area contributed by atoms with Crippen molar-refractivity contribution in [1.29, 1.82) is 0 Å². The molecule has 0 bridgehead atoms. The molecule has 0 radical (unpaired) electrons. The summed E-state index contributed by atoms with van der Waals surface area (Å²) >= 11 is 0. The van der Waals surface area contributed by atoms with Gasteiger partial charge in [0.25, 0.3) is 0 Å². The Kier molecular flexibility index (Phi) is 6.67. The molecule has 0 amide bonds. The molecule has 31 heavy (non-hydrogen) atoms. The molecule has 0 atom stereocenters. The third-order valence-corrected chi connectivity index (χ3v) is 3.80. The lowest BCUT2D eigenvalue weighted by Crippen LogP contribution is -2.30. The Balaban J connectivity index is 2.87. The number of aromatic nitrogens is 2. The zero-order valence-corrected chi connectivity index (χ0v) is 16.2. The van der Waals surface area contributed by atoms with E-state index in [1.165, 1.54) is 20.8 Å². The van der Waals surface area contributed by atoms with E-state index in [0.717, 1.165) is 4.57 Å². The minimum Gasteiger partial charge on any atom is -0.476 e. The Morgan fingerprint density at radius 2 is 1.55 bits per heavy atom. The van der Waals surface area contributed by atoms with E-state index in [0.29, 0.717) is 18.2 Å². The van der Waals surface area contributed by atoms with Gasteiger partial charge >= 0.3 is 18.5 Å². The molecule has 4 nitrogen and oxygen atoms in total. The van der Waals surface area contributed by atoms with Crippen molar-refractivity contribution in [2.24, 2.45) is 4.99 Å². The zero-order valence-electron chi connectivity index (χ0n) is 16.2. The molecule has 0 saturated heterocycles. The molecule has 1 aromatic carbocycles. The highest BCUT2D eigenvalue weighted by molar-refractivity contribution is 5.50. The number of hydrogen-bond acceptors (Lipinski definition) is 3. The Bertz CT molecular complexity index is 1000.